The first-order valence-electron chi connectivity index (χ1n) is 6.55. The monoisotopic (exact) mass is 255 g/mol. The normalized spacial score (nSPS) is 12.2. The highest BCUT2D eigenvalue weighted by Crippen LogP contribution is 2.23. The van der Waals surface area contributed by atoms with E-state index in [0.29, 0.717) is 6.04 Å². The van der Waals surface area contributed by atoms with Gasteiger partial charge in [-0.15, -0.1) is 0 Å². The summed E-state index contributed by atoms with van der Waals surface area (Å²) in [6.07, 6.45) is 1.93. The minimum Gasteiger partial charge on any atom is -0.329 e. The van der Waals surface area contributed by atoms with Crippen molar-refractivity contribution in [1.82, 2.24) is 10.3 Å². The third-order valence-electron chi connectivity index (χ3n) is 3.44. The molecule has 2 rings (SSSR count). The van der Waals surface area contributed by atoms with Gasteiger partial charge in [0.2, 0.25) is 0 Å². The summed E-state index contributed by atoms with van der Waals surface area (Å²) in [5, 5.41) is 3.22. The summed E-state index contributed by atoms with van der Waals surface area (Å²) in [5.74, 6) is 0.956. The fourth-order valence-electron chi connectivity index (χ4n) is 1.99. The van der Waals surface area contributed by atoms with E-state index >= 15 is 0 Å². The van der Waals surface area contributed by atoms with Crippen LogP contribution in [-0.4, -0.2) is 19.1 Å². The van der Waals surface area contributed by atoms with Crippen molar-refractivity contribution in [1.29, 1.82) is 0 Å². The quantitative estimate of drug-likeness (QED) is 0.907. The van der Waals surface area contributed by atoms with Gasteiger partial charge in [-0.2, -0.15) is 0 Å². The van der Waals surface area contributed by atoms with Crippen molar-refractivity contribution in [2.75, 3.05) is 19.0 Å². The summed E-state index contributed by atoms with van der Waals surface area (Å²) in [5.41, 5.74) is 3.61. The van der Waals surface area contributed by atoms with Gasteiger partial charge in [0.05, 0.1) is 0 Å². The van der Waals surface area contributed by atoms with Gasteiger partial charge in [0, 0.05) is 25.0 Å². The van der Waals surface area contributed by atoms with Gasteiger partial charge >= 0.3 is 0 Å². The molecule has 0 bridgehead atoms. The third-order valence-corrected chi connectivity index (χ3v) is 3.44. The molecule has 1 unspecified atom stereocenters. The van der Waals surface area contributed by atoms with Crippen LogP contribution in [0.15, 0.2) is 42.6 Å². The lowest BCUT2D eigenvalue weighted by atomic mass is 10.1. The number of pyridine rings is 1. The van der Waals surface area contributed by atoms with Crippen LogP contribution in [0.2, 0.25) is 0 Å². The molecule has 19 heavy (non-hydrogen) atoms. The highest BCUT2D eigenvalue weighted by Gasteiger charge is 2.07. The van der Waals surface area contributed by atoms with E-state index in [2.05, 4.69) is 65.4 Å². The molecule has 1 N–H and O–H groups in total. The average molecular weight is 255 g/mol. The van der Waals surface area contributed by atoms with Crippen LogP contribution in [0, 0.1) is 6.92 Å². The third kappa shape index (κ3) is 3.12. The average Bonchev–Trinajstić information content (AvgIpc) is 2.46. The topological polar surface area (TPSA) is 28.2 Å². The number of nitrogens with zero attached hydrogens (tertiary/aromatic N) is 2. The number of aromatic nitrogens is 1. The van der Waals surface area contributed by atoms with Crippen LogP contribution in [0.1, 0.15) is 24.1 Å². The second kappa shape index (κ2) is 5.85. The summed E-state index contributed by atoms with van der Waals surface area (Å²) < 4.78 is 0. The summed E-state index contributed by atoms with van der Waals surface area (Å²) in [6.45, 7) is 4.23. The van der Waals surface area contributed by atoms with Gasteiger partial charge < -0.3 is 10.2 Å². The highest BCUT2D eigenvalue weighted by molar-refractivity contribution is 5.59. The lowest BCUT2D eigenvalue weighted by molar-refractivity contribution is 0.649. The standard InChI is InChI=1S/C16H21N3/c1-12-6-5-7-15(10-12)19(4)16-9-8-14(11-18-16)13(2)17-3/h5-11,13,17H,1-4H3. The largest absolute Gasteiger partial charge is 0.329 e. The SMILES string of the molecule is CNC(C)c1ccc(N(C)c2cccc(C)c2)nc1. The molecule has 2 aromatic rings. The van der Waals surface area contributed by atoms with Gasteiger partial charge in [-0.3, -0.25) is 0 Å². The van der Waals surface area contributed by atoms with E-state index < -0.39 is 0 Å². The number of benzene rings is 1. The van der Waals surface area contributed by atoms with Crippen molar-refractivity contribution in [3.63, 3.8) is 0 Å². The van der Waals surface area contributed by atoms with Gasteiger partial charge in [0.15, 0.2) is 0 Å². The number of rotatable bonds is 4. The van der Waals surface area contributed by atoms with Crippen LogP contribution in [0.5, 0.6) is 0 Å². The maximum Gasteiger partial charge on any atom is 0.132 e. The van der Waals surface area contributed by atoms with E-state index in [4.69, 9.17) is 0 Å². The molecule has 0 radical (unpaired) electrons. The number of anilines is 2. The first-order valence-corrected chi connectivity index (χ1v) is 6.55. The van der Waals surface area contributed by atoms with Gasteiger partial charge in [-0.05, 0) is 50.2 Å². The maximum absolute atomic E-state index is 4.54. The molecule has 3 nitrogen and oxygen atoms in total. The molecule has 0 spiro atoms. The predicted octanol–water partition coefficient (Wildman–Crippen LogP) is 3.44. The molecule has 1 atom stereocenters. The fraction of sp³-hybridized carbons (Fsp3) is 0.312. The summed E-state index contributed by atoms with van der Waals surface area (Å²) in [7, 11) is 4.00. The zero-order valence-electron chi connectivity index (χ0n) is 12.0. The van der Waals surface area contributed by atoms with Gasteiger partial charge in [-0.25, -0.2) is 4.98 Å². The zero-order chi connectivity index (χ0) is 13.8. The van der Waals surface area contributed by atoms with Crippen LogP contribution in [-0.2, 0) is 0 Å². The number of nitrogens with one attached hydrogen (secondary N) is 1. The van der Waals surface area contributed by atoms with E-state index in [0.717, 1.165) is 11.5 Å². The first-order chi connectivity index (χ1) is 9.11. The minimum atomic E-state index is 0.325. The highest BCUT2D eigenvalue weighted by atomic mass is 15.2. The van der Waals surface area contributed by atoms with Gasteiger partial charge in [-0.1, -0.05) is 18.2 Å². The van der Waals surface area contributed by atoms with E-state index in [1.165, 1.54) is 11.1 Å². The van der Waals surface area contributed by atoms with Crippen molar-refractivity contribution < 1.29 is 0 Å². The maximum atomic E-state index is 4.54. The Labute approximate surface area is 115 Å². The molecule has 0 saturated heterocycles. The Balaban J connectivity index is 2.22. The van der Waals surface area contributed by atoms with Crippen LogP contribution in [0.3, 0.4) is 0 Å². The Bertz CT molecular complexity index is 534. The van der Waals surface area contributed by atoms with Crippen molar-refractivity contribution in [2.45, 2.75) is 19.9 Å². The van der Waals surface area contributed by atoms with Gasteiger partial charge in [0.25, 0.3) is 0 Å². The molecule has 1 aromatic heterocycles. The Morgan fingerprint density at radius 3 is 2.58 bits per heavy atom. The van der Waals surface area contributed by atoms with Crippen molar-refractivity contribution in [2.24, 2.45) is 0 Å². The second-order valence-corrected chi connectivity index (χ2v) is 4.86. The predicted molar refractivity (Wildman–Crippen MR) is 81.0 cm³/mol. The molecule has 0 aliphatic heterocycles. The molecule has 1 aromatic carbocycles. The Kier molecular flexibility index (Phi) is 4.17. The molecule has 0 aliphatic carbocycles. The summed E-state index contributed by atoms with van der Waals surface area (Å²) in [6, 6.07) is 12.9. The lowest BCUT2D eigenvalue weighted by Gasteiger charge is -2.19. The van der Waals surface area contributed by atoms with E-state index in [1.54, 1.807) is 0 Å². The molecule has 1 heterocycles. The smallest absolute Gasteiger partial charge is 0.132 e. The van der Waals surface area contributed by atoms with Crippen LogP contribution in [0.25, 0.3) is 0 Å². The van der Waals surface area contributed by atoms with Crippen LogP contribution < -0.4 is 10.2 Å². The van der Waals surface area contributed by atoms with Crippen LogP contribution >= 0.6 is 0 Å². The molecule has 100 valence electrons. The van der Waals surface area contributed by atoms with Crippen molar-refractivity contribution >= 4 is 11.5 Å². The Hall–Kier alpha value is -1.87. The lowest BCUT2D eigenvalue weighted by Crippen LogP contribution is -2.14. The molecule has 0 saturated carbocycles. The second-order valence-electron chi connectivity index (χ2n) is 4.86. The van der Waals surface area contributed by atoms with E-state index in [-0.39, 0.29) is 0 Å². The molecule has 0 fully saturated rings. The van der Waals surface area contributed by atoms with E-state index in [1.807, 2.05) is 20.3 Å². The summed E-state index contributed by atoms with van der Waals surface area (Å²) >= 11 is 0. The number of hydrogen-bond acceptors (Lipinski definition) is 3. The fourth-order valence-corrected chi connectivity index (χ4v) is 1.99. The molecule has 3 heteroatoms. The van der Waals surface area contributed by atoms with Crippen molar-refractivity contribution in [3.8, 4) is 0 Å². The van der Waals surface area contributed by atoms with Gasteiger partial charge in [0.1, 0.15) is 5.82 Å². The molecular formula is C16H21N3. The summed E-state index contributed by atoms with van der Waals surface area (Å²) in [4.78, 5) is 6.64. The Morgan fingerprint density at radius 2 is 2.00 bits per heavy atom. The zero-order valence-corrected chi connectivity index (χ0v) is 12.0. The first kappa shape index (κ1) is 13.6. The molecular weight excluding hydrogens is 234 g/mol. The van der Waals surface area contributed by atoms with E-state index in [9.17, 15) is 0 Å². The molecule has 0 amide bonds. The van der Waals surface area contributed by atoms with Crippen LogP contribution in [0.4, 0.5) is 11.5 Å². The minimum absolute atomic E-state index is 0.325. The number of aryl methyl sites for hydroxylation is 1. The Morgan fingerprint density at radius 1 is 1.21 bits per heavy atom. The molecule has 0 aliphatic rings. The number of hydrogen-bond donors (Lipinski definition) is 1. The van der Waals surface area contributed by atoms with Crippen molar-refractivity contribution in [3.05, 3.63) is 53.7 Å².